The van der Waals surface area contributed by atoms with Crippen LogP contribution in [0.3, 0.4) is 0 Å². The van der Waals surface area contributed by atoms with Crippen molar-refractivity contribution in [3.8, 4) is 11.5 Å². The van der Waals surface area contributed by atoms with Crippen LogP contribution < -0.4 is 10.5 Å². The van der Waals surface area contributed by atoms with Crippen molar-refractivity contribution in [2.24, 2.45) is 0 Å². The van der Waals surface area contributed by atoms with Gasteiger partial charge in [0, 0.05) is 12.3 Å². The average molecular weight is 414 g/mol. The van der Waals surface area contributed by atoms with Crippen LogP contribution in [0.25, 0.3) is 11.5 Å². The van der Waals surface area contributed by atoms with Gasteiger partial charge in [-0.15, -0.1) is 0 Å². The van der Waals surface area contributed by atoms with Gasteiger partial charge >= 0.3 is 0 Å². The van der Waals surface area contributed by atoms with Crippen LogP contribution in [0.2, 0.25) is 0 Å². The van der Waals surface area contributed by atoms with Crippen molar-refractivity contribution in [2.75, 3.05) is 4.90 Å². The molecule has 7 heteroatoms. The quantitative estimate of drug-likeness (QED) is 0.478. The monoisotopic (exact) mass is 414 g/mol. The molecule has 0 spiro atoms. The molecule has 4 rings (SSSR count). The number of furan rings is 1. The highest BCUT2D eigenvalue weighted by Gasteiger charge is 2.37. The standard InChI is InChI=1S/C24H22N4O3/c1-24(2,28-22(29)14-13-19(26-28)20-11-8-16-31-20)23(30)27(21-12-6-7-15-25-21)17-18-9-4-3-5-10-18/h3-16H,17H2,1-2H3. The van der Waals surface area contributed by atoms with Crippen molar-refractivity contribution in [3.05, 3.63) is 101 Å². The minimum absolute atomic E-state index is 0.304. The molecular formula is C24H22N4O3. The number of anilines is 1. The lowest BCUT2D eigenvalue weighted by molar-refractivity contribution is -0.126. The smallest absolute Gasteiger partial charge is 0.267 e. The molecule has 0 saturated carbocycles. The van der Waals surface area contributed by atoms with Crippen molar-refractivity contribution in [2.45, 2.75) is 25.9 Å². The molecule has 3 heterocycles. The zero-order valence-electron chi connectivity index (χ0n) is 17.3. The zero-order valence-corrected chi connectivity index (χ0v) is 17.3. The number of hydrogen-bond acceptors (Lipinski definition) is 5. The predicted molar refractivity (Wildman–Crippen MR) is 117 cm³/mol. The van der Waals surface area contributed by atoms with Gasteiger partial charge in [-0.1, -0.05) is 36.4 Å². The van der Waals surface area contributed by atoms with Gasteiger partial charge in [-0.3, -0.25) is 14.5 Å². The molecule has 0 aliphatic heterocycles. The Hall–Kier alpha value is -4.00. The van der Waals surface area contributed by atoms with Gasteiger partial charge in [0.2, 0.25) is 0 Å². The van der Waals surface area contributed by atoms with Crippen LogP contribution in [0.4, 0.5) is 5.82 Å². The molecule has 1 aromatic carbocycles. The summed E-state index contributed by atoms with van der Waals surface area (Å²) in [6, 6.07) is 21.5. The summed E-state index contributed by atoms with van der Waals surface area (Å²) in [7, 11) is 0. The first kappa shape index (κ1) is 20.3. The van der Waals surface area contributed by atoms with Crippen molar-refractivity contribution in [1.29, 1.82) is 0 Å². The van der Waals surface area contributed by atoms with Crippen LogP contribution in [0.1, 0.15) is 19.4 Å². The van der Waals surface area contributed by atoms with Crippen LogP contribution in [-0.2, 0) is 16.9 Å². The number of amides is 1. The lowest BCUT2D eigenvalue weighted by Crippen LogP contribution is -2.51. The fourth-order valence-electron chi connectivity index (χ4n) is 3.32. The van der Waals surface area contributed by atoms with Gasteiger partial charge in [-0.25, -0.2) is 9.67 Å². The van der Waals surface area contributed by atoms with E-state index < -0.39 is 5.54 Å². The molecule has 0 atom stereocenters. The molecule has 3 aromatic heterocycles. The Kier molecular flexibility index (Phi) is 5.49. The third-order valence-corrected chi connectivity index (χ3v) is 4.98. The first-order valence-electron chi connectivity index (χ1n) is 9.88. The summed E-state index contributed by atoms with van der Waals surface area (Å²) >= 11 is 0. The molecule has 0 aliphatic rings. The second kappa shape index (κ2) is 8.39. The van der Waals surface area contributed by atoms with E-state index >= 15 is 0 Å². The van der Waals surface area contributed by atoms with Gasteiger partial charge in [-0.05, 0) is 49.7 Å². The van der Waals surface area contributed by atoms with E-state index in [2.05, 4.69) is 10.1 Å². The number of benzene rings is 1. The van der Waals surface area contributed by atoms with Crippen LogP contribution in [0.15, 0.2) is 94.5 Å². The van der Waals surface area contributed by atoms with Crippen molar-refractivity contribution in [3.63, 3.8) is 0 Å². The summed E-state index contributed by atoms with van der Waals surface area (Å²) in [5, 5.41) is 4.43. The van der Waals surface area contributed by atoms with Crippen LogP contribution in [-0.4, -0.2) is 20.7 Å². The molecule has 0 N–H and O–H groups in total. The predicted octanol–water partition coefficient (Wildman–Crippen LogP) is 3.87. The highest BCUT2D eigenvalue weighted by atomic mass is 16.3. The molecule has 31 heavy (non-hydrogen) atoms. The number of pyridine rings is 1. The molecule has 0 radical (unpaired) electrons. The second-order valence-electron chi connectivity index (χ2n) is 7.57. The molecule has 0 saturated heterocycles. The maximum absolute atomic E-state index is 13.8. The van der Waals surface area contributed by atoms with E-state index in [1.807, 2.05) is 36.4 Å². The Bertz CT molecular complexity index is 1220. The topological polar surface area (TPSA) is 81.2 Å². The minimum Gasteiger partial charge on any atom is -0.463 e. The third-order valence-electron chi connectivity index (χ3n) is 4.98. The summed E-state index contributed by atoms with van der Waals surface area (Å²) in [5.41, 5.74) is -0.236. The van der Waals surface area contributed by atoms with E-state index in [0.29, 0.717) is 23.8 Å². The van der Waals surface area contributed by atoms with Gasteiger partial charge in [0.1, 0.15) is 17.1 Å². The highest BCUT2D eigenvalue weighted by molar-refractivity contribution is 5.97. The lowest BCUT2D eigenvalue weighted by Gasteiger charge is -2.32. The SMILES string of the molecule is CC(C)(C(=O)N(Cc1ccccc1)c1ccccn1)n1nc(-c2ccco2)ccc1=O. The number of hydrogen-bond donors (Lipinski definition) is 0. The van der Waals surface area contributed by atoms with E-state index in [-0.39, 0.29) is 11.5 Å². The molecule has 156 valence electrons. The van der Waals surface area contributed by atoms with Crippen molar-refractivity contribution in [1.82, 2.24) is 14.8 Å². The molecule has 0 bridgehead atoms. The van der Waals surface area contributed by atoms with E-state index in [0.717, 1.165) is 5.56 Å². The number of aromatic nitrogens is 3. The van der Waals surface area contributed by atoms with Gasteiger partial charge in [0.05, 0.1) is 12.8 Å². The first-order chi connectivity index (χ1) is 15.0. The van der Waals surface area contributed by atoms with E-state index in [4.69, 9.17) is 4.42 Å². The number of carbonyl (C=O) groups excluding carboxylic acids is 1. The molecule has 0 fully saturated rings. The molecule has 0 aliphatic carbocycles. The summed E-state index contributed by atoms with van der Waals surface area (Å²) in [6.45, 7) is 3.67. The van der Waals surface area contributed by atoms with Crippen LogP contribution in [0.5, 0.6) is 0 Å². The average Bonchev–Trinajstić information content (AvgIpc) is 3.33. The molecular weight excluding hydrogens is 392 g/mol. The summed E-state index contributed by atoms with van der Waals surface area (Å²) in [5.74, 6) is 0.712. The van der Waals surface area contributed by atoms with Gasteiger partial charge in [-0.2, -0.15) is 5.10 Å². The highest BCUT2D eigenvalue weighted by Crippen LogP contribution is 2.24. The van der Waals surface area contributed by atoms with E-state index in [1.165, 1.54) is 17.0 Å². The Morgan fingerprint density at radius 1 is 1.00 bits per heavy atom. The van der Waals surface area contributed by atoms with Gasteiger partial charge in [0.15, 0.2) is 5.76 Å². The maximum Gasteiger partial charge on any atom is 0.267 e. The number of nitrogens with zero attached hydrogens (tertiary/aromatic N) is 4. The Labute approximate surface area is 179 Å². The largest absolute Gasteiger partial charge is 0.463 e. The Balaban J connectivity index is 1.75. The van der Waals surface area contributed by atoms with E-state index in [1.54, 1.807) is 55.3 Å². The Morgan fingerprint density at radius 2 is 1.77 bits per heavy atom. The zero-order chi connectivity index (χ0) is 21.8. The molecule has 1 amide bonds. The normalized spacial score (nSPS) is 11.3. The summed E-state index contributed by atoms with van der Waals surface area (Å²) < 4.78 is 6.60. The van der Waals surface area contributed by atoms with Gasteiger partial charge < -0.3 is 4.42 Å². The van der Waals surface area contributed by atoms with Crippen LogP contribution in [0, 0.1) is 0 Å². The van der Waals surface area contributed by atoms with Gasteiger partial charge in [0.25, 0.3) is 11.5 Å². The number of rotatable bonds is 6. The third kappa shape index (κ3) is 4.16. The second-order valence-corrected chi connectivity index (χ2v) is 7.57. The molecule has 4 aromatic rings. The van der Waals surface area contributed by atoms with Crippen molar-refractivity contribution < 1.29 is 9.21 Å². The minimum atomic E-state index is -1.27. The number of carbonyl (C=O) groups is 1. The van der Waals surface area contributed by atoms with E-state index in [9.17, 15) is 9.59 Å². The fraction of sp³-hybridized carbons (Fsp3) is 0.167. The first-order valence-corrected chi connectivity index (χ1v) is 9.88. The lowest BCUT2D eigenvalue weighted by atomic mass is 10.0. The molecule has 0 unspecified atom stereocenters. The Morgan fingerprint density at radius 3 is 2.45 bits per heavy atom. The maximum atomic E-state index is 13.8. The molecule has 7 nitrogen and oxygen atoms in total. The fourth-order valence-corrected chi connectivity index (χ4v) is 3.32. The van der Waals surface area contributed by atoms with Crippen LogP contribution >= 0.6 is 0 Å². The summed E-state index contributed by atoms with van der Waals surface area (Å²) in [6.07, 6.45) is 3.17. The summed E-state index contributed by atoms with van der Waals surface area (Å²) in [4.78, 5) is 32.4. The van der Waals surface area contributed by atoms with Crippen molar-refractivity contribution >= 4 is 11.7 Å².